The summed E-state index contributed by atoms with van der Waals surface area (Å²) >= 11 is 0. The fourth-order valence-corrected chi connectivity index (χ4v) is 2.83. The molecule has 0 rings (SSSR count). The Morgan fingerprint density at radius 3 is 1.37 bits per heavy atom. The zero-order valence-corrected chi connectivity index (χ0v) is 14.4. The van der Waals surface area contributed by atoms with Crippen molar-refractivity contribution in [1.82, 2.24) is 0 Å². The molecule has 0 aliphatic heterocycles. The van der Waals surface area contributed by atoms with Gasteiger partial charge in [0, 0.05) is 0 Å². The van der Waals surface area contributed by atoms with Crippen LogP contribution in [0.4, 0.5) is 0 Å². The highest BCUT2D eigenvalue weighted by Crippen LogP contribution is 2.49. The molecular weight excluding hydrogens is 227 g/mol. The quantitative estimate of drug-likeness (QED) is 0.272. The summed E-state index contributed by atoms with van der Waals surface area (Å²) in [5, 5.41) is -0.0516. The van der Waals surface area contributed by atoms with Crippen LogP contribution in [0.3, 0.4) is 0 Å². The lowest BCUT2D eigenvalue weighted by atomic mass is 9.52. The van der Waals surface area contributed by atoms with Gasteiger partial charge in [0.1, 0.15) is 0 Å². The van der Waals surface area contributed by atoms with E-state index in [0.29, 0.717) is 5.41 Å². The van der Waals surface area contributed by atoms with E-state index in [-0.39, 0.29) is 5.31 Å². The monoisotopic (exact) mass is 264 g/mol. The van der Waals surface area contributed by atoms with Crippen molar-refractivity contribution >= 4 is 7.85 Å². The van der Waals surface area contributed by atoms with Crippen molar-refractivity contribution < 1.29 is 0 Å². The number of rotatable bonds is 12. The van der Waals surface area contributed by atoms with Gasteiger partial charge in [-0.15, -0.1) is 0 Å². The van der Waals surface area contributed by atoms with Gasteiger partial charge in [0.2, 0.25) is 0 Å². The zero-order chi connectivity index (χ0) is 14.8. The van der Waals surface area contributed by atoms with Gasteiger partial charge in [-0.2, -0.15) is 0 Å². The molecule has 0 aliphatic carbocycles. The smallest absolute Gasteiger partial charge is 0.0674 e. The first-order valence-corrected chi connectivity index (χ1v) is 8.66. The van der Waals surface area contributed by atoms with Gasteiger partial charge < -0.3 is 0 Å². The lowest BCUT2D eigenvalue weighted by Gasteiger charge is -2.43. The third-order valence-electron chi connectivity index (χ3n) is 4.97. The Balaban J connectivity index is 4.13. The minimum Gasteiger partial charge on any atom is -0.0674 e. The molecule has 1 unspecified atom stereocenters. The van der Waals surface area contributed by atoms with E-state index in [4.69, 9.17) is 7.85 Å². The van der Waals surface area contributed by atoms with E-state index in [1.165, 1.54) is 70.6 Å². The van der Waals surface area contributed by atoms with E-state index in [9.17, 15) is 0 Å². The van der Waals surface area contributed by atoms with Crippen molar-refractivity contribution in [2.75, 3.05) is 0 Å². The Morgan fingerprint density at radius 1 is 0.632 bits per heavy atom. The summed E-state index contributed by atoms with van der Waals surface area (Å²) in [5.74, 6) is 0. The van der Waals surface area contributed by atoms with Gasteiger partial charge in [-0.05, 0) is 18.3 Å². The second-order valence-corrected chi connectivity index (χ2v) is 7.26. The molecule has 0 aromatic rings. The SMILES string of the molecule is [B]C(C)(C)C(C)(CCCCCC)CCCCCCC. The van der Waals surface area contributed by atoms with Crippen molar-refractivity contribution in [3.05, 3.63) is 0 Å². The Kier molecular flexibility index (Phi) is 9.92. The second-order valence-electron chi connectivity index (χ2n) is 7.26. The number of hydrogen-bond acceptors (Lipinski definition) is 0. The normalized spacial score (nSPS) is 15.4. The molecule has 2 radical (unpaired) electrons. The third kappa shape index (κ3) is 8.05. The van der Waals surface area contributed by atoms with E-state index in [2.05, 4.69) is 34.6 Å². The van der Waals surface area contributed by atoms with Crippen molar-refractivity contribution in [2.45, 2.75) is 111 Å². The largest absolute Gasteiger partial charge is 0.0746 e. The van der Waals surface area contributed by atoms with Gasteiger partial charge in [0.15, 0.2) is 0 Å². The standard InChI is InChI=1S/C18H37B/c1-6-8-10-12-14-16-18(5,17(3,4)19)15-13-11-9-7-2/h6-16H2,1-5H3. The van der Waals surface area contributed by atoms with Crippen LogP contribution in [-0.2, 0) is 0 Å². The molecule has 0 nitrogen and oxygen atoms in total. The summed E-state index contributed by atoms with van der Waals surface area (Å²) in [5.41, 5.74) is 0.312. The molecule has 0 heterocycles. The average Bonchev–Trinajstić information content (AvgIpc) is 2.33. The molecule has 112 valence electrons. The first kappa shape index (κ1) is 19.1. The van der Waals surface area contributed by atoms with E-state index in [1.807, 2.05) is 0 Å². The van der Waals surface area contributed by atoms with E-state index in [1.54, 1.807) is 0 Å². The molecule has 0 bridgehead atoms. The van der Waals surface area contributed by atoms with Crippen LogP contribution < -0.4 is 0 Å². The van der Waals surface area contributed by atoms with Gasteiger partial charge in [-0.25, -0.2) is 0 Å². The molecule has 1 heteroatoms. The highest BCUT2D eigenvalue weighted by Gasteiger charge is 2.35. The van der Waals surface area contributed by atoms with Crippen LogP contribution in [0.15, 0.2) is 0 Å². The fourth-order valence-electron chi connectivity index (χ4n) is 2.83. The molecule has 0 fully saturated rings. The molecule has 0 aromatic carbocycles. The maximum absolute atomic E-state index is 6.47. The highest BCUT2D eigenvalue weighted by molar-refractivity contribution is 6.15. The van der Waals surface area contributed by atoms with Crippen LogP contribution in [0, 0.1) is 5.41 Å². The van der Waals surface area contributed by atoms with Crippen molar-refractivity contribution in [1.29, 1.82) is 0 Å². The van der Waals surface area contributed by atoms with Crippen LogP contribution >= 0.6 is 0 Å². The van der Waals surface area contributed by atoms with E-state index in [0.717, 1.165) is 0 Å². The van der Waals surface area contributed by atoms with Gasteiger partial charge >= 0.3 is 0 Å². The Labute approximate surface area is 124 Å². The minimum atomic E-state index is -0.0516. The predicted molar refractivity (Wildman–Crippen MR) is 90.0 cm³/mol. The summed E-state index contributed by atoms with van der Waals surface area (Å²) in [7, 11) is 6.47. The van der Waals surface area contributed by atoms with E-state index < -0.39 is 0 Å². The van der Waals surface area contributed by atoms with Crippen LogP contribution in [-0.4, -0.2) is 7.85 Å². The highest BCUT2D eigenvalue weighted by atomic mass is 14.4. The molecule has 1 atom stereocenters. The summed E-state index contributed by atoms with van der Waals surface area (Å²) in [6, 6.07) is 0. The Morgan fingerprint density at radius 2 is 1.00 bits per heavy atom. The number of unbranched alkanes of at least 4 members (excludes halogenated alkanes) is 7. The van der Waals surface area contributed by atoms with Gasteiger partial charge in [-0.1, -0.05) is 97.7 Å². The first-order valence-electron chi connectivity index (χ1n) is 8.66. The van der Waals surface area contributed by atoms with E-state index >= 15 is 0 Å². The fraction of sp³-hybridized carbons (Fsp3) is 1.00. The lowest BCUT2D eigenvalue weighted by molar-refractivity contribution is 0.182. The van der Waals surface area contributed by atoms with Crippen LogP contribution in [0.25, 0.3) is 0 Å². The summed E-state index contributed by atoms with van der Waals surface area (Å²) in [4.78, 5) is 0. The maximum atomic E-state index is 6.47. The van der Waals surface area contributed by atoms with Crippen LogP contribution in [0.5, 0.6) is 0 Å². The predicted octanol–water partition coefficient (Wildman–Crippen LogP) is 6.69. The molecule has 0 N–H and O–H groups in total. The molecule has 0 spiro atoms. The first-order chi connectivity index (χ1) is 8.87. The van der Waals surface area contributed by atoms with Crippen molar-refractivity contribution in [2.24, 2.45) is 5.41 Å². The maximum Gasteiger partial charge on any atom is 0.0746 e. The molecule has 0 aliphatic rings. The summed E-state index contributed by atoms with van der Waals surface area (Å²) in [6.07, 6.45) is 14.9. The van der Waals surface area contributed by atoms with Gasteiger partial charge in [0.05, 0.1) is 7.85 Å². The third-order valence-corrected chi connectivity index (χ3v) is 4.97. The van der Waals surface area contributed by atoms with Crippen molar-refractivity contribution in [3.63, 3.8) is 0 Å². The Hall–Kier alpha value is 0.0649. The molecule has 19 heavy (non-hydrogen) atoms. The molecule has 0 aromatic heterocycles. The molecule has 0 amide bonds. The lowest BCUT2D eigenvalue weighted by Crippen LogP contribution is -2.30. The Bertz CT molecular complexity index is 204. The number of hydrogen-bond donors (Lipinski definition) is 0. The molecular formula is C18H37B. The van der Waals surface area contributed by atoms with Crippen LogP contribution in [0.2, 0.25) is 5.31 Å². The minimum absolute atomic E-state index is 0.0516. The van der Waals surface area contributed by atoms with Gasteiger partial charge in [0.25, 0.3) is 0 Å². The summed E-state index contributed by atoms with van der Waals surface area (Å²) in [6.45, 7) is 11.4. The van der Waals surface area contributed by atoms with Crippen LogP contribution in [0.1, 0.15) is 105 Å². The second kappa shape index (κ2) is 9.89. The average molecular weight is 264 g/mol. The topological polar surface area (TPSA) is 0 Å². The molecule has 0 saturated heterocycles. The molecule has 0 saturated carbocycles. The zero-order valence-electron chi connectivity index (χ0n) is 14.4. The van der Waals surface area contributed by atoms with Gasteiger partial charge in [-0.3, -0.25) is 0 Å². The summed E-state index contributed by atoms with van der Waals surface area (Å²) < 4.78 is 0. The van der Waals surface area contributed by atoms with Crippen molar-refractivity contribution in [3.8, 4) is 0 Å².